The van der Waals surface area contributed by atoms with Crippen LogP contribution in [-0.4, -0.2) is 11.8 Å². The summed E-state index contributed by atoms with van der Waals surface area (Å²) in [6, 6.07) is 15.2. The molecule has 1 aliphatic rings. The smallest absolute Gasteiger partial charge is 0.251 e. The number of benzene rings is 2. The van der Waals surface area contributed by atoms with Crippen LogP contribution in [0.3, 0.4) is 0 Å². The van der Waals surface area contributed by atoms with Crippen molar-refractivity contribution in [2.45, 2.75) is 25.8 Å². The summed E-state index contributed by atoms with van der Waals surface area (Å²) in [7, 11) is 0. The van der Waals surface area contributed by atoms with Crippen molar-refractivity contribution in [3.05, 3.63) is 65.2 Å². The maximum absolute atomic E-state index is 12.3. The van der Waals surface area contributed by atoms with E-state index in [2.05, 4.69) is 22.8 Å². The maximum atomic E-state index is 12.3. The fourth-order valence-electron chi connectivity index (χ4n) is 2.86. The summed E-state index contributed by atoms with van der Waals surface area (Å²) in [6.45, 7) is 1.46. The second-order valence-electron chi connectivity index (χ2n) is 5.52. The minimum absolute atomic E-state index is 0.0821. The summed E-state index contributed by atoms with van der Waals surface area (Å²) in [5.41, 5.74) is 3.81. The van der Waals surface area contributed by atoms with Crippen LogP contribution in [0.15, 0.2) is 48.5 Å². The number of hydrogen-bond acceptors (Lipinski definition) is 2. The van der Waals surface area contributed by atoms with Gasteiger partial charge in [-0.25, -0.2) is 0 Å². The number of nitrogens with one attached hydrogen (secondary N) is 2. The minimum Gasteiger partial charge on any atom is -0.345 e. The summed E-state index contributed by atoms with van der Waals surface area (Å²) < 4.78 is 0. The molecule has 1 atom stereocenters. The zero-order chi connectivity index (χ0) is 15.5. The Morgan fingerprint density at radius 2 is 1.77 bits per heavy atom. The highest BCUT2D eigenvalue weighted by Gasteiger charge is 2.23. The third kappa shape index (κ3) is 3.01. The van der Waals surface area contributed by atoms with Crippen LogP contribution in [-0.2, 0) is 11.2 Å². The lowest BCUT2D eigenvalue weighted by Crippen LogP contribution is -2.27. The van der Waals surface area contributed by atoms with Crippen LogP contribution < -0.4 is 10.6 Å². The first-order chi connectivity index (χ1) is 10.6. The van der Waals surface area contributed by atoms with Crippen molar-refractivity contribution < 1.29 is 9.59 Å². The average Bonchev–Trinajstić information content (AvgIpc) is 2.91. The second-order valence-corrected chi connectivity index (χ2v) is 5.52. The largest absolute Gasteiger partial charge is 0.345 e. The second kappa shape index (κ2) is 6.02. The van der Waals surface area contributed by atoms with Gasteiger partial charge in [0.15, 0.2) is 0 Å². The van der Waals surface area contributed by atoms with Gasteiger partial charge < -0.3 is 10.6 Å². The molecule has 3 rings (SSSR count). The van der Waals surface area contributed by atoms with Gasteiger partial charge in [-0.3, -0.25) is 9.59 Å². The Bertz CT molecular complexity index is 707. The monoisotopic (exact) mass is 294 g/mol. The lowest BCUT2D eigenvalue weighted by atomic mass is 10.1. The van der Waals surface area contributed by atoms with E-state index in [-0.39, 0.29) is 17.9 Å². The Morgan fingerprint density at radius 3 is 2.50 bits per heavy atom. The average molecular weight is 294 g/mol. The molecule has 0 aliphatic heterocycles. The molecule has 0 radical (unpaired) electrons. The molecule has 0 fully saturated rings. The van der Waals surface area contributed by atoms with Crippen molar-refractivity contribution in [2.75, 3.05) is 5.32 Å². The lowest BCUT2D eigenvalue weighted by molar-refractivity contribution is -0.114. The molecule has 0 saturated carbocycles. The number of amides is 2. The molecule has 1 aliphatic carbocycles. The van der Waals surface area contributed by atoms with Crippen molar-refractivity contribution in [1.82, 2.24) is 5.32 Å². The SMILES string of the molecule is CC(=O)Nc1ccc(C(=O)NC2CCc3ccccc32)cc1. The summed E-state index contributed by atoms with van der Waals surface area (Å²) in [4.78, 5) is 23.3. The van der Waals surface area contributed by atoms with E-state index < -0.39 is 0 Å². The molecule has 1 unspecified atom stereocenters. The molecule has 2 aromatic rings. The molecule has 112 valence electrons. The van der Waals surface area contributed by atoms with Gasteiger partial charge in [-0.2, -0.15) is 0 Å². The van der Waals surface area contributed by atoms with Gasteiger partial charge in [-0.05, 0) is 48.2 Å². The number of anilines is 1. The third-order valence-electron chi connectivity index (χ3n) is 3.91. The maximum Gasteiger partial charge on any atom is 0.251 e. The van der Waals surface area contributed by atoms with Gasteiger partial charge in [0, 0.05) is 18.2 Å². The Kier molecular flexibility index (Phi) is 3.92. The van der Waals surface area contributed by atoms with E-state index in [1.807, 2.05) is 12.1 Å². The number of fused-ring (bicyclic) bond motifs is 1. The predicted molar refractivity (Wildman–Crippen MR) is 85.7 cm³/mol. The Hall–Kier alpha value is -2.62. The van der Waals surface area contributed by atoms with Crippen molar-refractivity contribution >= 4 is 17.5 Å². The van der Waals surface area contributed by atoms with Crippen molar-refractivity contribution in [3.63, 3.8) is 0 Å². The summed E-state index contributed by atoms with van der Waals surface area (Å²) >= 11 is 0. The van der Waals surface area contributed by atoms with Crippen LogP contribution in [0.2, 0.25) is 0 Å². The highest BCUT2D eigenvalue weighted by Crippen LogP contribution is 2.30. The summed E-state index contributed by atoms with van der Waals surface area (Å²) in [6.07, 6.45) is 1.94. The van der Waals surface area contributed by atoms with Crippen LogP contribution in [0.1, 0.15) is 40.9 Å². The first-order valence-corrected chi connectivity index (χ1v) is 7.40. The van der Waals surface area contributed by atoms with Crippen LogP contribution in [0.5, 0.6) is 0 Å². The molecule has 4 heteroatoms. The molecule has 22 heavy (non-hydrogen) atoms. The van der Waals surface area contributed by atoms with Gasteiger partial charge >= 0.3 is 0 Å². The molecular formula is C18H18N2O2. The fourth-order valence-corrected chi connectivity index (χ4v) is 2.86. The first-order valence-electron chi connectivity index (χ1n) is 7.40. The molecule has 2 amide bonds. The molecule has 0 aromatic heterocycles. The van der Waals surface area contributed by atoms with E-state index >= 15 is 0 Å². The van der Waals surface area contributed by atoms with E-state index in [0.717, 1.165) is 12.8 Å². The Balaban J connectivity index is 1.69. The number of hydrogen-bond donors (Lipinski definition) is 2. The normalized spacial score (nSPS) is 16.0. The van der Waals surface area contributed by atoms with Crippen LogP contribution in [0, 0.1) is 0 Å². The first kappa shape index (κ1) is 14.3. The van der Waals surface area contributed by atoms with E-state index in [1.54, 1.807) is 24.3 Å². The minimum atomic E-state index is -0.125. The van der Waals surface area contributed by atoms with Gasteiger partial charge in [0.25, 0.3) is 5.91 Å². The van der Waals surface area contributed by atoms with E-state index in [4.69, 9.17) is 0 Å². The summed E-state index contributed by atoms with van der Waals surface area (Å²) in [5, 5.41) is 5.77. The van der Waals surface area contributed by atoms with Crippen molar-refractivity contribution in [2.24, 2.45) is 0 Å². The highest BCUT2D eigenvalue weighted by molar-refractivity contribution is 5.95. The van der Waals surface area contributed by atoms with Gasteiger partial charge in [0.2, 0.25) is 5.91 Å². The molecule has 4 nitrogen and oxygen atoms in total. The van der Waals surface area contributed by atoms with Gasteiger partial charge in [0.1, 0.15) is 0 Å². The van der Waals surface area contributed by atoms with Crippen LogP contribution >= 0.6 is 0 Å². The topological polar surface area (TPSA) is 58.2 Å². The van der Waals surface area contributed by atoms with Crippen LogP contribution in [0.4, 0.5) is 5.69 Å². The molecule has 0 spiro atoms. The molecule has 2 aromatic carbocycles. The number of rotatable bonds is 3. The predicted octanol–water partition coefficient (Wildman–Crippen LogP) is 3.06. The Labute approximate surface area is 129 Å². The van der Waals surface area contributed by atoms with E-state index in [1.165, 1.54) is 18.1 Å². The van der Waals surface area contributed by atoms with E-state index in [0.29, 0.717) is 11.3 Å². The third-order valence-corrected chi connectivity index (χ3v) is 3.91. The van der Waals surface area contributed by atoms with Crippen molar-refractivity contribution in [3.8, 4) is 0 Å². The molecule has 0 saturated heterocycles. The van der Waals surface area contributed by atoms with Gasteiger partial charge in [-0.1, -0.05) is 24.3 Å². The number of aryl methyl sites for hydroxylation is 1. The Morgan fingerprint density at radius 1 is 1.05 bits per heavy atom. The number of carbonyl (C=O) groups excluding carboxylic acids is 2. The molecule has 2 N–H and O–H groups in total. The molecular weight excluding hydrogens is 276 g/mol. The van der Waals surface area contributed by atoms with Crippen molar-refractivity contribution in [1.29, 1.82) is 0 Å². The number of carbonyl (C=O) groups is 2. The van der Waals surface area contributed by atoms with E-state index in [9.17, 15) is 9.59 Å². The quantitative estimate of drug-likeness (QED) is 0.914. The fraction of sp³-hybridized carbons (Fsp3) is 0.222. The lowest BCUT2D eigenvalue weighted by Gasteiger charge is -2.14. The van der Waals surface area contributed by atoms with Crippen LogP contribution in [0.25, 0.3) is 0 Å². The van der Waals surface area contributed by atoms with Gasteiger partial charge in [0.05, 0.1) is 6.04 Å². The summed E-state index contributed by atoms with van der Waals surface area (Å²) in [5.74, 6) is -0.212. The molecule has 0 heterocycles. The highest BCUT2D eigenvalue weighted by atomic mass is 16.2. The zero-order valence-electron chi connectivity index (χ0n) is 12.4. The standard InChI is InChI=1S/C18H18N2O2/c1-12(21)19-15-9-6-14(7-10-15)18(22)20-17-11-8-13-4-2-3-5-16(13)17/h2-7,9-10,17H,8,11H2,1H3,(H,19,21)(H,20,22). The molecule has 0 bridgehead atoms. The zero-order valence-corrected chi connectivity index (χ0v) is 12.4. The van der Waals surface area contributed by atoms with Gasteiger partial charge in [-0.15, -0.1) is 0 Å².